The van der Waals surface area contributed by atoms with Crippen molar-refractivity contribution in [1.29, 1.82) is 0 Å². The van der Waals surface area contributed by atoms with E-state index in [9.17, 15) is 4.79 Å². The molecule has 2 aromatic heterocycles. The Morgan fingerprint density at radius 1 is 1.04 bits per heavy atom. The second-order valence-corrected chi connectivity index (χ2v) is 6.02. The van der Waals surface area contributed by atoms with Crippen LogP contribution in [0.1, 0.15) is 21.7 Å². The average molecular weight is 382 g/mol. The Kier molecular flexibility index (Phi) is 6.16. The molecule has 2 heterocycles. The third kappa shape index (κ3) is 4.25. The molecule has 7 nitrogen and oxygen atoms in total. The quantitative estimate of drug-likeness (QED) is 0.593. The Bertz CT molecular complexity index is 885. The molecule has 7 heteroatoms. The lowest BCUT2D eigenvalue weighted by molar-refractivity contribution is 0.0716. The molecule has 1 amide bonds. The maximum absolute atomic E-state index is 13.3. The van der Waals surface area contributed by atoms with Crippen LogP contribution in [-0.2, 0) is 13.1 Å². The van der Waals surface area contributed by atoms with Gasteiger partial charge in [0.25, 0.3) is 5.91 Å². The highest BCUT2D eigenvalue weighted by Gasteiger charge is 2.22. The minimum atomic E-state index is -0.195. The minimum Gasteiger partial charge on any atom is -0.493 e. The molecule has 28 heavy (non-hydrogen) atoms. The Balaban J connectivity index is 1.96. The van der Waals surface area contributed by atoms with E-state index in [1.807, 2.05) is 18.2 Å². The predicted octanol–water partition coefficient (Wildman–Crippen LogP) is 3.54. The lowest BCUT2D eigenvalue weighted by Gasteiger charge is -2.23. The number of carbonyl (C=O) groups is 1. The normalized spacial score (nSPS) is 10.4. The van der Waals surface area contributed by atoms with Crippen molar-refractivity contribution in [2.45, 2.75) is 13.1 Å². The molecule has 0 saturated carbocycles. The summed E-state index contributed by atoms with van der Waals surface area (Å²) in [5, 5.41) is 0. The number of methoxy groups -OCH3 is 3. The fourth-order valence-corrected chi connectivity index (χ4v) is 2.89. The van der Waals surface area contributed by atoms with Crippen LogP contribution in [0.2, 0.25) is 0 Å². The van der Waals surface area contributed by atoms with E-state index >= 15 is 0 Å². The maximum Gasteiger partial charge on any atom is 0.254 e. The molecule has 0 bridgehead atoms. The van der Waals surface area contributed by atoms with Gasteiger partial charge in [0.15, 0.2) is 11.5 Å². The van der Waals surface area contributed by atoms with Crippen LogP contribution in [0.5, 0.6) is 17.2 Å². The number of benzene rings is 1. The standard InChI is InChI=1S/C21H22N2O5/c1-25-18-10-16(11-19(26-2)20(18)27-3)21(24)23(14-17-7-5-9-28-17)13-15-6-4-8-22-12-15/h4-12H,13-14H2,1-3H3. The van der Waals surface area contributed by atoms with Gasteiger partial charge in [-0.25, -0.2) is 0 Å². The maximum atomic E-state index is 13.3. The van der Waals surface area contributed by atoms with Gasteiger partial charge >= 0.3 is 0 Å². The van der Waals surface area contributed by atoms with Gasteiger partial charge in [0.1, 0.15) is 5.76 Å². The molecule has 1 aromatic carbocycles. The second kappa shape index (κ2) is 8.94. The topological polar surface area (TPSA) is 74.0 Å². The van der Waals surface area contributed by atoms with Crippen molar-refractivity contribution in [3.8, 4) is 17.2 Å². The van der Waals surface area contributed by atoms with Crippen LogP contribution in [0, 0.1) is 0 Å². The van der Waals surface area contributed by atoms with Crippen molar-refractivity contribution < 1.29 is 23.4 Å². The number of hydrogen-bond acceptors (Lipinski definition) is 6. The van der Waals surface area contributed by atoms with E-state index in [0.717, 1.165) is 5.56 Å². The van der Waals surface area contributed by atoms with E-state index < -0.39 is 0 Å². The fraction of sp³-hybridized carbons (Fsp3) is 0.238. The summed E-state index contributed by atoms with van der Waals surface area (Å²) in [6.07, 6.45) is 5.01. The van der Waals surface area contributed by atoms with Crippen LogP contribution in [0.25, 0.3) is 0 Å². The summed E-state index contributed by atoms with van der Waals surface area (Å²) in [7, 11) is 4.55. The van der Waals surface area contributed by atoms with Crippen LogP contribution in [0.15, 0.2) is 59.5 Å². The van der Waals surface area contributed by atoms with Gasteiger partial charge in [-0.2, -0.15) is 0 Å². The number of pyridine rings is 1. The highest BCUT2D eigenvalue weighted by Crippen LogP contribution is 2.38. The zero-order valence-electron chi connectivity index (χ0n) is 16.0. The van der Waals surface area contributed by atoms with Crippen molar-refractivity contribution in [2.24, 2.45) is 0 Å². The van der Waals surface area contributed by atoms with Gasteiger partial charge in [0, 0.05) is 24.5 Å². The molecule has 0 aliphatic carbocycles. The second-order valence-electron chi connectivity index (χ2n) is 6.02. The summed E-state index contributed by atoms with van der Waals surface area (Å²) in [6, 6.07) is 10.7. The van der Waals surface area contributed by atoms with E-state index in [1.165, 1.54) is 21.3 Å². The van der Waals surface area contributed by atoms with Gasteiger partial charge in [-0.05, 0) is 35.9 Å². The molecule has 0 aliphatic heterocycles. The number of amides is 1. The summed E-state index contributed by atoms with van der Waals surface area (Å²) < 4.78 is 21.5. The molecule has 0 aliphatic rings. The summed E-state index contributed by atoms with van der Waals surface area (Å²) in [4.78, 5) is 19.1. The van der Waals surface area contributed by atoms with Gasteiger partial charge in [-0.3, -0.25) is 9.78 Å². The van der Waals surface area contributed by atoms with E-state index in [-0.39, 0.29) is 5.91 Å². The minimum absolute atomic E-state index is 0.195. The molecule has 3 rings (SSSR count). The molecular formula is C21H22N2O5. The van der Waals surface area contributed by atoms with Gasteiger partial charge in [-0.1, -0.05) is 6.07 Å². The molecule has 146 valence electrons. The lowest BCUT2D eigenvalue weighted by Crippen LogP contribution is -2.30. The number of hydrogen-bond donors (Lipinski definition) is 0. The van der Waals surface area contributed by atoms with Gasteiger partial charge in [0.2, 0.25) is 5.75 Å². The van der Waals surface area contributed by atoms with Crippen molar-refractivity contribution in [2.75, 3.05) is 21.3 Å². The van der Waals surface area contributed by atoms with Crippen molar-refractivity contribution in [3.63, 3.8) is 0 Å². The molecule has 0 N–H and O–H groups in total. The number of nitrogens with zero attached hydrogens (tertiary/aromatic N) is 2. The number of rotatable bonds is 8. The summed E-state index contributed by atoms with van der Waals surface area (Å²) >= 11 is 0. The van der Waals surface area contributed by atoms with E-state index in [1.54, 1.807) is 41.8 Å². The van der Waals surface area contributed by atoms with Crippen LogP contribution in [0.4, 0.5) is 0 Å². The predicted molar refractivity (Wildman–Crippen MR) is 103 cm³/mol. The van der Waals surface area contributed by atoms with Gasteiger partial charge in [0.05, 0.1) is 34.1 Å². The SMILES string of the molecule is COc1cc(C(=O)N(Cc2cccnc2)Cc2ccco2)cc(OC)c1OC. The average Bonchev–Trinajstić information content (AvgIpc) is 3.25. The Morgan fingerprint density at radius 3 is 2.32 bits per heavy atom. The highest BCUT2D eigenvalue weighted by molar-refractivity contribution is 5.95. The van der Waals surface area contributed by atoms with E-state index in [2.05, 4.69) is 4.98 Å². The summed E-state index contributed by atoms with van der Waals surface area (Å²) in [5.41, 5.74) is 1.33. The third-order valence-corrected chi connectivity index (χ3v) is 4.22. The molecule has 0 unspecified atom stereocenters. The first-order valence-electron chi connectivity index (χ1n) is 8.66. The van der Waals surface area contributed by atoms with Crippen LogP contribution in [-0.4, -0.2) is 37.1 Å². The first kappa shape index (κ1) is 19.3. The number of carbonyl (C=O) groups excluding carboxylic acids is 1. The molecular weight excluding hydrogens is 360 g/mol. The van der Waals surface area contributed by atoms with Crippen molar-refractivity contribution in [1.82, 2.24) is 9.88 Å². The van der Waals surface area contributed by atoms with Crippen molar-refractivity contribution >= 4 is 5.91 Å². The number of ether oxygens (including phenoxy) is 3. The van der Waals surface area contributed by atoms with Crippen molar-refractivity contribution in [3.05, 3.63) is 71.9 Å². The molecule has 0 radical (unpaired) electrons. The van der Waals surface area contributed by atoms with E-state index in [0.29, 0.717) is 41.7 Å². The lowest BCUT2D eigenvalue weighted by atomic mass is 10.1. The smallest absolute Gasteiger partial charge is 0.254 e. The molecule has 0 spiro atoms. The highest BCUT2D eigenvalue weighted by atomic mass is 16.5. The monoisotopic (exact) mass is 382 g/mol. The fourth-order valence-electron chi connectivity index (χ4n) is 2.89. The Morgan fingerprint density at radius 2 is 1.79 bits per heavy atom. The molecule has 0 atom stereocenters. The first-order chi connectivity index (χ1) is 13.7. The Hall–Kier alpha value is -3.48. The molecule has 0 fully saturated rings. The zero-order chi connectivity index (χ0) is 19.9. The first-order valence-corrected chi connectivity index (χ1v) is 8.66. The zero-order valence-corrected chi connectivity index (χ0v) is 16.0. The largest absolute Gasteiger partial charge is 0.493 e. The van der Waals surface area contributed by atoms with Crippen LogP contribution >= 0.6 is 0 Å². The summed E-state index contributed by atoms with van der Waals surface area (Å²) in [6.45, 7) is 0.696. The Labute approximate surface area is 163 Å². The van der Waals surface area contributed by atoms with Crippen LogP contribution in [0.3, 0.4) is 0 Å². The van der Waals surface area contributed by atoms with E-state index in [4.69, 9.17) is 18.6 Å². The van der Waals surface area contributed by atoms with Gasteiger partial charge in [-0.15, -0.1) is 0 Å². The third-order valence-electron chi connectivity index (χ3n) is 4.22. The number of furan rings is 1. The molecule has 0 saturated heterocycles. The number of aromatic nitrogens is 1. The summed E-state index contributed by atoms with van der Waals surface area (Å²) in [5.74, 6) is 1.77. The van der Waals surface area contributed by atoms with Gasteiger partial charge < -0.3 is 23.5 Å². The van der Waals surface area contributed by atoms with Crippen LogP contribution < -0.4 is 14.2 Å². The molecule has 3 aromatic rings.